The van der Waals surface area contributed by atoms with Crippen molar-refractivity contribution in [3.63, 3.8) is 0 Å². The van der Waals surface area contributed by atoms with Gasteiger partial charge in [-0.1, -0.05) is 12.1 Å². The lowest BCUT2D eigenvalue weighted by atomic mass is 9.99. The van der Waals surface area contributed by atoms with Gasteiger partial charge in [-0.15, -0.1) is 0 Å². The van der Waals surface area contributed by atoms with Gasteiger partial charge in [-0.2, -0.15) is 0 Å². The first-order valence-electron chi connectivity index (χ1n) is 21.2. The van der Waals surface area contributed by atoms with Crippen LogP contribution in [0.3, 0.4) is 0 Å². The van der Waals surface area contributed by atoms with Crippen LogP contribution in [0.4, 0.5) is 0 Å². The number of benzene rings is 1. The van der Waals surface area contributed by atoms with Crippen LogP contribution >= 0.6 is 0 Å². The molecule has 9 heterocycles. The molecule has 3 aliphatic heterocycles. The number of esters is 1. The van der Waals surface area contributed by atoms with Gasteiger partial charge in [0, 0.05) is 80.7 Å². The number of aliphatic hydroxyl groups excluding tert-OH is 4. The minimum absolute atomic E-state index is 0.222. The van der Waals surface area contributed by atoms with Crippen molar-refractivity contribution in [3.05, 3.63) is 150 Å². The summed E-state index contributed by atoms with van der Waals surface area (Å²) in [5, 5.41) is 40.3. The second-order valence-electron chi connectivity index (χ2n) is 16.5. The Hall–Kier alpha value is -7.46. The number of nitrogens with zero attached hydrogens (tertiary/aromatic N) is 5. The van der Waals surface area contributed by atoms with E-state index >= 15 is 0 Å². The first-order chi connectivity index (χ1) is 31.5. The highest BCUT2D eigenvalue weighted by Crippen LogP contribution is 2.38. The molecule has 0 saturated carbocycles. The first kappa shape index (κ1) is 41.5. The highest BCUT2D eigenvalue weighted by Gasteiger charge is 2.43. The summed E-state index contributed by atoms with van der Waals surface area (Å²) in [6.07, 6.45) is 12.3. The Balaban J connectivity index is 1.18. The van der Waals surface area contributed by atoms with Gasteiger partial charge in [0.1, 0.15) is 52.2 Å². The molecule has 1 unspecified atom stereocenters. The number of carbonyl (C=O) groups is 1. The molecule has 14 heteroatoms. The number of pyridine rings is 3. The molecule has 1 fully saturated rings. The summed E-state index contributed by atoms with van der Waals surface area (Å²) in [6, 6.07) is 27.7. The number of H-pyrrole nitrogens is 2. The molecule has 324 valence electrons. The van der Waals surface area contributed by atoms with E-state index < -0.39 is 43.3 Å². The zero-order chi connectivity index (χ0) is 44.9. The van der Waals surface area contributed by atoms with Gasteiger partial charge < -0.3 is 39.9 Å². The molecule has 7 aromatic rings. The van der Waals surface area contributed by atoms with E-state index in [0.29, 0.717) is 5.69 Å². The molecule has 6 N–H and O–H groups in total. The number of carbonyl (C=O) groups excluding carboxylic acids is 1. The highest BCUT2D eigenvalue weighted by atomic mass is 16.6. The average molecular weight is 869 g/mol. The molecule has 0 amide bonds. The van der Waals surface area contributed by atoms with Crippen LogP contribution in [-0.2, 0) is 30.6 Å². The third-order valence-electron chi connectivity index (χ3n) is 12.0. The van der Waals surface area contributed by atoms with Crippen LogP contribution in [0.15, 0.2) is 122 Å². The number of ether oxygens (including phenoxy) is 2. The number of hydrogen-bond donors (Lipinski definition) is 6. The summed E-state index contributed by atoms with van der Waals surface area (Å²) >= 11 is 0. The second kappa shape index (κ2) is 16.9. The van der Waals surface area contributed by atoms with E-state index in [2.05, 4.69) is 76.7 Å². The first-order valence-corrected chi connectivity index (χ1v) is 21.2. The number of aliphatic hydroxyl groups is 4. The minimum Gasteiger partial charge on any atom is -0.459 e. The Kier molecular flexibility index (Phi) is 10.8. The minimum atomic E-state index is -1.75. The van der Waals surface area contributed by atoms with Crippen molar-refractivity contribution in [2.75, 3.05) is 6.61 Å². The Morgan fingerprint density at radius 2 is 0.877 bits per heavy atom. The smallest absolute Gasteiger partial charge is 0.338 e. The maximum absolute atomic E-state index is 13.3. The topological polar surface area (TPSA) is 185 Å². The van der Waals surface area contributed by atoms with Crippen LogP contribution in [0.25, 0.3) is 90.9 Å². The van der Waals surface area contributed by atoms with E-state index in [1.165, 1.54) is 0 Å². The van der Waals surface area contributed by atoms with Gasteiger partial charge in [-0.3, -0.25) is 0 Å². The van der Waals surface area contributed by atoms with Gasteiger partial charge in [0.15, 0.2) is 43.5 Å². The highest BCUT2D eigenvalue weighted by molar-refractivity contribution is 6.00. The van der Waals surface area contributed by atoms with Crippen LogP contribution in [-0.4, -0.2) is 83.6 Å². The predicted molar refractivity (Wildman–Crippen MR) is 243 cm³/mol. The molecule has 14 nitrogen and oxygen atoms in total. The summed E-state index contributed by atoms with van der Waals surface area (Å²) in [4.78, 5) is 31.5. The molecule has 1 saturated heterocycles. The maximum Gasteiger partial charge on any atom is 0.338 e. The average Bonchev–Trinajstić information content (AvgIpc) is 4.17. The largest absolute Gasteiger partial charge is 0.459 e. The lowest BCUT2D eigenvalue weighted by molar-refractivity contribution is -0.671. The van der Waals surface area contributed by atoms with Gasteiger partial charge >= 0.3 is 5.97 Å². The molecular weight excluding hydrogens is 823 g/mol. The standard InChI is InChI=1S/C51H45N7O7/c1-56-22-16-30(17-23-56)44-36-10-8-34(52-36)43(29-4-6-33(7-5-29)50(62)64-28-42-47(59)48(60)49(61)51(63)65-42)35-9-11-37(53-35)45(31-18-24-57(2)25-19-31)39-13-15-41(55-39)46(40-14-12-38(44)54-40)32-20-26-58(3)27-21-32/h4-27,42,47-49,51,59-61,63H,28H2,1-3H3,(H,52,53,54,55)/q+2/p+1/t42-,47+,48+,49+,51?/m1/s1. The van der Waals surface area contributed by atoms with Crippen LogP contribution in [0.1, 0.15) is 33.1 Å². The molecule has 5 atom stereocenters. The fourth-order valence-electron chi connectivity index (χ4n) is 8.51. The van der Waals surface area contributed by atoms with Crippen molar-refractivity contribution < 1.29 is 48.4 Å². The van der Waals surface area contributed by atoms with Crippen molar-refractivity contribution in [2.45, 2.75) is 30.7 Å². The molecule has 65 heavy (non-hydrogen) atoms. The van der Waals surface area contributed by atoms with Gasteiger partial charge in [-0.25, -0.2) is 28.5 Å². The van der Waals surface area contributed by atoms with Crippen molar-refractivity contribution in [1.29, 1.82) is 0 Å². The van der Waals surface area contributed by atoms with E-state index in [1.807, 2.05) is 102 Å². The van der Waals surface area contributed by atoms with E-state index in [4.69, 9.17) is 19.4 Å². The normalized spacial score (nSPS) is 19.1. The van der Waals surface area contributed by atoms with Gasteiger partial charge in [-0.05, 0) is 83.0 Å². The summed E-state index contributed by atoms with van der Waals surface area (Å²) in [6.45, 7) is -0.463. The van der Waals surface area contributed by atoms with Crippen molar-refractivity contribution in [2.24, 2.45) is 21.1 Å². The number of hydrogen-bond acceptors (Lipinski definition) is 9. The number of aromatic amines is 2. The predicted octanol–water partition coefficient (Wildman–Crippen LogP) is 4.75. The Labute approximate surface area is 373 Å². The zero-order valence-corrected chi connectivity index (χ0v) is 35.7. The molecule has 0 radical (unpaired) electrons. The Morgan fingerprint density at radius 3 is 1.25 bits per heavy atom. The Morgan fingerprint density at radius 1 is 0.523 bits per heavy atom. The van der Waals surface area contributed by atoms with E-state index in [1.54, 1.807) is 12.1 Å². The molecule has 10 rings (SSSR count). The van der Waals surface area contributed by atoms with Gasteiger partial charge in [0.2, 0.25) is 0 Å². The van der Waals surface area contributed by atoms with Crippen molar-refractivity contribution >= 4 is 52.3 Å². The fourth-order valence-corrected chi connectivity index (χ4v) is 8.51. The monoisotopic (exact) mass is 868 g/mol. The fraction of sp³-hybridized carbons (Fsp3) is 0.176. The SMILES string of the molecule is C[n+]1ccc(-c2c3nc(c(-c4cc[n+](C)cc4)c4ccc([nH]4)c(-c4cc[n+](C)cc4)c4nc(c(-c5ccc(C(=O)OC[C@H]6OC(O)[C@@H](O)[C@@H](O)[C@H]6O)cc5)c5ccc2[nH]5)C=C4)C=C3)cc1. The number of rotatable bonds is 7. The van der Waals surface area contributed by atoms with Crippen molar-refractivity contribution in [1.82, 2.24) is 19.9 Å². The van der Waals surface area contributed by atoms with Crippen LogP contribution < -0.4 is 13.7 Å². The number of nitrogens with one attached hydrogen (secondary N) is 2. The molecule has 0 spiro atoms. The van der Waals surface area contributed by atoms with Crippen LogP contribution in [0, 0.1) is 0 Å². The molecular formula is C51H46N7O7+3. The summed E-state index contributed by atoms with van der Waals surface area (Å²) in [5.74, 6) is -0.708. The lowest BCUT2D eigenvalue weighted by Gasteiger charge is -2.37. The molecule has 3 aliphatic rings. The summed E-state index contributed by atoms with van der Waals surface area (Å²) < 4.78 is 16.6. The molecule has 8 bridgehead atoms. The second-order valence-corrected chi connectivity index (χ2v) is 16.5. The molecule has 6 aromatic heterocycles. The lowest BCUT2D eigenvalue weighted by Crippen LogP contribution is -2.58. The van der Waals surface area contributed by atoms with Crippen LogP contribution in [0.5, 0.6) is 0 Å². The molecule has 1 aromatic carbocycles. The third kappa shape index (κ3) is 7.94. The van der Waals surface area contributed by atoms with E-state index in [0.717, 1.165) is 83.7 Å². The third-order valence-corrected chi connectivity index (χ3v) is 12.0. The quantitative estimate of drug-likeness (QED) is 0.0972. The van der Waals surface area contributed by atoms with Gasteiger partial charge in [0.05, 0.1) is 28.3 Å². The maximum atomic E-state index is 13.3. The van der Waals surface area contributed by atoms with Crippen LogP contribution in [0.2, 0.25) is 0 Å². The van der Waals surface area contributed by atoms with E-state index in [-0.39, 0.29) is 5.56 Å². The molecule has 0 aliphatic carbocycles. The number of aromatic nitrogens is 7. The summed E-state index contributed by atoms with van der Waals surface area (Å²) in [5.41, 5.74) is 13.9. The zero-order valence-electron chi connectivity index (χ0n) is 35.7. The van der Waals surface area contributed by atoms with Crippen molar-refractivity contribution in [3.8, 4) is 44.5 Å². The number of fused-ring (bicyclic) bond motifs is 8. The van der Waals surface area contributed by atoms with Gasteiger partial charge in [0.25, 0.3) is 0 Å². The summed E-state index contributed by atoms with van der Waals surface area (Å²) in [7, 11) is 5.97. The number of aryl methyl sites for hydroxylation is 3. The van der Waals surface area contributed by atoms with E-state index in [9.17, 15) is 25.2 Å². The Bertz CT molecular complexity index is 3150.